The molecule has 0 bridgehead atoms. The average Bonchev–Trinajstić information content (AvgIpc) is 2.39. The van der Waals surface area contributed by atoms with Gasteiger partial charge in [0.05, 0.1) is 0 Å². The minimum absolute atomic E-state index is 0.185. The molecule has 0 N–H and O–H groups in total. The molecule has 0 spiro atoms. The van der Waals surface area contributed by atoms with Crippen molar-refractivity contribution in [3.63, 3.8) is 0 Å². The maximum atomic E-state index is 11.4. The summed E-state index contributed by atoms with van der Waals surface area (Å²) >= 11 is 0. The number of rotatable bonds is 11. The van der Waals surface area contributed by atoms with Gasteiger partial charge in [-0.15, -0.1) is 0 Å². The van der Waals surface area contributed by atoms with E-state index in [0.29, 0.717) is 10.5 Å². The Bertz CT molecular complexity index is 251. The third-order valence-corrected chi connectivity index (χ3v) is 8.20. The Balaban J connectivity index is 3.66. The standard InChI is InChI=1S/C6H22O6Si6/c1-2-3-5(6(7)8-13)4-15-10-17-12-18-11-16-9-14/h4H,2-3,15-18H2,1,13-14H3. The molecule has 0 amide bonds. The molecule has 0 aliphatic carbocycles. The average molecular weight is 359 g/mol. The molecule has 0 aromatic rings. The molecule has 0 aliphatic rings. The maximum Gasteiger partial charge on any atom is 0.319 e. The van der Waals surface area contributed by atoms with Crippen molar-refractivity contribution in [3.8, 4) is 0 Å². The minimum atomic E-state index is -0.916. The van der Waals surface area contributed by atoms with E-state index in [9.17, 15) is 4.79 Å². The van der Waals surface area contributed by atoms with Gasteiger partial charge in [0.25, 0.3) is 30.0 Å². The summed E-state index contributed by atoms with van der Waals surface area (Å²) in [4.78, 5) is 11.4. The van der Waals surface area contributed by atoms with Crippen LogP contribution in [0.4, 0.5) is 0 Å². The van der Waals surface area contributed by atoms with Crippen molar-refractivity contribution in [2.75, 3.05) is 0 Å². The topological polar surface area (TPSA) is 63.2 Å². The van der Waals surface area contributed by atoms with Crippen molar-refractivity contribution >= 4 is 66.7 Å². The molecular formula is C6H22O6Si6. The molecule has 106 valence electrons. The molecule has 0 heterocycles. The van der Waals surface area contributed by atoms with Gasteiger partial charge in [0.1, 0.15) is 10.5 Å². The number of hydrogen-bond donors (Lipinski definition) is 0. The summed E-state index contributed by atoms with van der Waals surface area (Å²) in [5.41, 5.74) is 2.69. The second kappa shape index (κ2) is 13.8. The summed E-state index contributed by atoms with van der Waals surface area (Å²) in [7, 11) is -2.14. The minimum Gasteiger partial charge on any atom is -0.526 e. The normalized spacial score (nSPS) is 14.6. The van der Waals surface area contributed by atoms with Crippen LogP contribution in [-0.4, -0.2) is 66.7 Å². The number of hydrogen-bond acceptors (Lipinski definition) is 6. The second-order valence-electron chi connectivity index (χ2n) is 3.39. The maximum absolute atomic E-state index is 11.4. The lowest BCUT2D eigenvalue weighted by molar-refractivity contribution is -0.129. The van der Waals surface area contributed by atoms with E-state index in [0.717, 1.165) is 28.9 Å². The molecule has 12 heteroatoms. The molecule has 0 saturated heterocycles. The zero-order valence-electron chi connectivity index (χ0n) is 11.3. The summed E-state index contributed by atoms with van der Waals surface area (Å²) in [5, 5.41) is 0. The van der Waals surface area contributed by atoms with Gasteiger partial charge in [-0.1, -0.05) is 19.0 Å². The van der Waals surface area contributed by atoms with E-state index in [-0.39, 0.29) is 5.97 Å². The van der Waals surface area contributed by atoms with E-state index < -0.39 is 39.8 Å². The van der Waals surface area contributed by atoms with Crippen LogP contribution in [0.5, 0.6) is 0 Å². The van der Waals surface area contributed by atoms with Crippen LogP contribution in [0.2, 0.25) is 0 Å². The molecule has 0 rings (SSSR count). The van der Waals surface area contributed by atoms with Gasteiger partial charge < -0.3 is 20.9 Å². The fourth-order valence-electron chi connectivity index (χ4n) is 1.16. The van der Waals surface area contributed by atoms with E-state index in [1.165, 1.54) is 0 Å². The largest absolute Gasteiger partial charge is 0.526 e. The highest BCUT2D eigenvalue weighted by molar-refractivity contribution is 6.48. The van der Waals surface area contributed by atoms with Crippen molar-refractivity contribution in [2.24, 2.45) is 0 Å². The number of carbonyl (C=O) groups excluding carboxylic acids is 1. The Hall–Kier alpha value is 0.351. The fourth-order valence-corrected chi connectivity index (χ4v) is 8.63. The first-order valence-corrected chi connectivity index (χ1v) is 12.2. The Morgan fingerprint density at radius 1 is 1.17 bits per heavy atom. The van der Waals surface area contributed by atoms with Crippen molar-refractivity contribution in [1.82, 2.24) is 0 Å². The molecule has 0 radical (unpaired) electrons. The summed E-state index contributed by atoms with van der Waals surface area (Å²) in [6.07, 6.45) is 1.71. The summed E-state index contributed by atoms with van der Waals surface area (Å²) in [6.45, 7) is 2.04. The Morgan fingerprint density at radius 2 is 1.83 bits per heavy atom. The molecule has 0 atom stereocenters. The van der Waals surface area contributed by atoms with Crippen molar-refractivity contribution in [1.29, 1.82) is 0 Å². The highest BCUT2D eigenvalue weighted by atomic mass is 28.4. The van der Waals surface area contributed by atoms with Crippen LogP contribution >= 0.6 is 0 Å². The van der Waals surface area contributed by atoms with Gasteiger partial charge >= 0.3 is 5.97 Å². The quantitative estimate of drug-likeness (QED) is 0.209. The van der Waals surface area contributed by atoms with Crippen LogP contribution in [0.1, 0.15) is 19.8 Å². The first-order chi connectivity index (χ1) is 8.76. The lowest BCUT2D eigenvalue weighted by atomic mass is 10.2. The molecule has 0 fully saturated rings. The first kappa shape index (κ1) is 18.4. The summed E-state index contributed by atoms with van der Waals surface area (Å²) < 4.78 is 26.0. The van der Waals surface area contributed by atoms with Crippen LogP contribution in [0.3, 0.4) is 0 Å². The van der Waals surface area contributed by atoms with E-state index in [1.807, 2.05) is 12.6 Å². The van der Waals surface area contributed by atoms with E-state index in [1.54, 1.807) is 0 Å². The zero-order valence-corrected chi connectivity index (χ0v) is 20.9. The Labute approximate surface area is 123 Å². The molecule has 0 saturated carbocycles. The smallest absolute Gasteiger partial charge is 0.319 e. The van der Waals surface area contributed by atoms with Crippen LogP contribution in [0, 0.1) is 0 Å². The number of carbonyl (C=O) groups is 1. The van der Waals surface area contributed by atoms with Crippen molar-refractivity contribution in [3.05, 3.63) is 11.3 Å². The zero-order chi connectivity index (χ0) is 13.6. The first-order valence-electron chi connectivity index (χ1n) is 5.75. The Kier molecular flexibility index (Phi) is 14.0. The predicted molar refractivity (Wildman–Crippen MR) is 87.5 cm³/mol. The van der Waals surface area contributed by atoms with Crippen LogP contribution in [-0.2, 0) is 25.7 Å². The van der Waals surface area contributed by atoms with E-state index in [2.05, 4.69) is 0 Å². The van der Waals surface area contributed by atoms with Gasteiger partial charge in [0.15, 0.2) is 9.76 Å². The van der Waals surface area contributed by atoms with Crippen LogP contribution in [0.15, 0.2) is 11.3 Å². The Morgan fingerprint density at radius 3 is 2.44 bits per heavy atom. The molecule has 6 nitrogen and oxygen atoms in total. The molecule has 0 unspecified atom stereocenters. The van der Waals surface area contributed by atoms with Gasteiger partial charge in [-0.25, -0.2) is 4.79 Å². The monoisotopic (exact) mass is 358 g/mol. The lowest BCUT2D eigenvalue weighted by Crippen LogP contribution is -2.16. The van der Waals surface area contributed by atoms with Crippen molar-refractivity contribution in [2.45, 2.75) is 19.8 Å². The summed E-state index contributed by atoms with van der Waals surface area (Å²) in [6, 6.07) is 0. The van der Waals surface area contributed by atoms with Crippen LogP contribution < -0.4 is 0 Å². The lowest BCUT2D eigenvalue weighted by Gasteiger charge is -2.06. The molecule has 0 aromatic heterocycles. The third kappa shape index (κ3) is 10.3. The highest BCUT2D eigenvalue weighted by Gasteiger charge is 2.06. The third-order valence-electron chi connectivity index (χ3n) is 1.95. The fraction of sp³-hybridized carbons (Fsp3) is 0.500. The molecule has 0 aromatic carbocycles. The predicted octanol–water partition coefficient (Wildman–Crippen LogP) is -5.08. The van der Waals surface area contributed by atoms with E-state index >= 15 is 0 Å². The van der Waals surface area contributed by atoms with Gasteiger partial charge in [0.2, 0.25) is 10.5 Å². The SMILES string of the molecule is CCCC(=C[SiH2]O[SiH2]O[SiH2]O[SiH2]O[SiH3])C(=O)O[SiH3]. The van der Waals surface area contributed by atoms with Gasteiger partial charge in [-0.2, -0.15) is 0 Å². The van der Waals surface area contributed by atoms with Gasteiger partial charge in [0, 0.05) is 5.57 Å². The highest BCUT2D eigenvalue weighted by Crippen LogP contribution is 2.05. The van der Waals surface area contributed by atoms with Crippen LogP contribution in [0.25, 0.3) is 0 Å². The second-order valence-corrected chi connectivity index (χ2v) is 12.5. The van der Waals surface area contributed by atoms with Crippen molar-refractivity contribution < 1.29 is 25.7 Å². The molecule has 0 aliphatic heterocycles. The summed E-state index contributed by atoms with van der Waals surface area (Å²) in [5.74, 6) is -0.185. The molecular weight excluding hydrogens is 337 g/mol. The molecule has 18 heavy (non-hydrogen) atoms. The van der Waals surface area contributed by atoms with Gasteiger partial charge in [-0.05, 0) is 6.42 Å². The van der Waals surface area contributed by atoms with E-state index in [4.69, 9.17) is 20.9 Å². The van der Waals surface area contributed by atoms with Gasteiger partial charge in [-0.3, -0.25) is 0 Å².